The highest BCUT2D eigenvalue weighted by Gasteiger charge is 2.40. The highest BCUT2D eigenvalue weighted by molar-refractivity contribution is 5.36. The van der Waals surface area contributed by atoms with Crippen LogP contribution in [0.15, 0.2) is 23.8 Å². The molecule has 2 aliphatic heterocycles. The SMILES string of the molecule is C1=CC2(CCNCC2)C2=CCOCC12. The Hall–Kier alpha value is -0.600. The second-order valence-electron chi connectivity index (χ2n) is 4.57. The third-order valence-electron chi connectivity index (χ3n) is 3.84. The van der Waals surface area contributed by atoms with Gasteiger partial charge in [0.05, 0.1) is 13.2 Å². The van der Waals surface area contributed by atoms with Crippen LogP contribution in [-0.2, 0) is 4.74 Å². The first-order valence-corrected chi connectivity index (χ1v) is 5.59. The first kappa shape index (κ1) is 8.69. The fourth-order valence-corrected chi connectivity index (χ4v) is 3.04. The molecule has 2 heteroatoms. The second kappa shape index (κ2) is 3.21. The normalized spacial score (nSPS) is 34.3. The van der Waals surface area contributed by atoms with Gasteiger partial charge in [-0.1, -0.05) is 23.8 Å². The van der Waals surface area contributed by atoms with Gasteiger partial charge in [0.25, 0.3) is 0 Å². The molecule has 14 heavy (non-hydrogen) atoms. The first-order chi connectivity index (χ1) is 6.91. The van der Waals surface area contributed by atoms with Crippen LogP contribution in [-0.4, -0.2) is 26.3 Å². The van der Waals surface area contributed by atoms with E-state index in [1.807, 2.05) is 0 Å². The third kappa shape index (κ3) is 1.17. The van der Waals surface area contributed by atoms with Crippen molar-refractivity contribution in [3.8, 4) is 0 Å². The molecule has 0 radical (unpaired) electrons. The van der Waals surface area contributed by atoms with Crippen LogP contribution in [0, 0.1) is 11.3 Å². The van der Waals surface area contributed by atoms with Crippen LogP contribution in [0.5, 0.6) is 0 Å². The van der Waals surface area contributed by atoms with E-state index in [2.05, 4.69) is 23.5 Å². The molecule has 1 saturated heterocycles. The fourth-order valence-electron chi connectivity index (χ4n) is 3.04. The minimum atomic E-state index is 0.402. The minimum absolute atomic E-state index is 0.402. The van der Waals surface area contributed by atoms with Gasteiger partial charge in [-0.05, 0) is 25.9 Å². The van der Waals surface area contributed by atoms with Crippen LogP contribution in [0.1, 0.15) is 12.8 Å². The van der Waals surface area contributed by atoms with Gasteiger partial charge in [-0.2, -0.15) is 0 Å². The van der Waals surface area contributed by atoms with Crippen molar-refractivity contribution >= 4 is 0 Å². The van der Waals surface area contributed by atoms with Crippen molar-refractivity contribution in [2.24, 2.45) is 11.3 Å². The zero-order chi connectivity index (χ0) is 9.43. The maximum Gasteiger partial charge on any atom is 0.0651 e. The van der Waals surface area contributed by atoms with Crippen molar-refractivity contribution in [1.82, 2.24) is 5.32 Å². The van der Waals surface area contributed by atoms with E-state index in [4.69, 9.17) is 4.74 Å². The van der Waals surface area contributed by atoms with Crippen molar-refractivity contribution in [1.29, 1.82) is 0 Å². The molecule has 3 aliphatic rings. The molecule has 1 N–H and O–H groups in total. The zero-order valence-corrected chi connectivity index (χ0v) is 8.46. The van der Waals surface area contributed by atoms with E-state index in [-0.39, 0.29) is 0 Å². The van der Waals surface area contributed by atoms with Gasteiger partial charge in [0, 0.05) is 11.3 Å². The number of piperidine rings is 1. The topological polar surface area (TPSA) is 21.3 Å². The van der Waals surface area contributed by atoms with E-state index in [1.165, 1.54) is 12.8 Å². The molecule has 0 saturated carbocycles. The second-order valence-corrected chi connectivity index (χ2v) is 4.57. The van der Waals surface area contributed by atoms with E-state index < -0.39 is 0 Å². The fraction of sp³-hybridized carbons (Fsp3) is 0.667. The summed E-state index contributed by atoms with van der Waals surface area (Å²) in [7, 11) is 0. The summed E-state index contributed by atoms with van der Waals surface area (Å²) in [4.78, 5) is 0. The minimum Gasteiger partial charge on any atom is -0.376 e. The molecule has 1 unspecified atom stereocenters. The third-order valence-corrected chi connectivity index (χ3v) is 3.84. The molecule has 1 spiro atoms. The van der Waals surface area contributed by atoms with E-state index >= 15 is 0 Å². The average Bonchev–Trinajstić information content (AvgIpc) is 2.60. The highest BCUT2D eigenvalue weighted by atomic mass is 16.5. The molecule has 0 aromatic carbocycles. The van der Waals surface area contributed by atoms with Gasteiger partial charge >= 0.3 is 0 Å². The van der Waals surface area contributed by atoms with Gasteiger partial charge in [0.2, 0.25) is 0 Å². The molecular weight excluding hydrogens is 174 g/mol. The van der Waals surface area contributed by atoms with E-state index in [9.17, 15) is 0 Å². The number of hydrogen-bond acceptors (Lipinski definition) is 2. The average molecular weight is 191 g/mol. The molecule has 1 aliphatic carbocycles. The van der Waals surface area contributed by atoms with Gasteiger partial charge in [-0.3, -0.25) is 0 Å². The van der Waals surface area contributed by atoms with Crippen LogP contribution >= 0.6 is 0 Å². The van der Waals surface area contributed by atoms with Gasteiger partial charge in [-0.25, -0.2) is 0 Å². The molecular formula is C12H17NO. The smallest absolute Gasteiger partial charge is 0.0651 e. The molecule has 2 heterocycles. The van der Waals surface area contributed by atoms with Crippen LogP contribution in [0.25, 0.3) is 0 Å². The van der Waals surface area contributed by atoms with Gasteiger partial charge < -0.3 is 10.1 Å². The molecule has 0 aromatic heterocycles. The maximum atomic E-state index is 5.47. The Kier molecular flexibility index (Phi) is 1.99. The van der Waals surface area contributed by atoms with E-state index in [0.717, 1.165) is 26.3 Å². The lowest BCUT2D eigenvalue weighted by Gasteiger charge is -2.37. The number of fused-ring (bicyclic) bond motifs is 2. The Morgan fingerprint density at radius 2 is 2.21 bits per heavy atom. The Labute approximate surface area is 85.0 Å². The lowest BCUT2D eigenvalue weighted by atomic mass is 9.73. The summed E-state index contributed by atoms with van der Waals surface area (Å²) in [6.45, 7) is 4.05. The number of rotatable bonds is 0. The molecule has 0 amide bonds. The van der Waals surface area contributed by atoms with Crippen molar-refractivity contribution in [2.45, 2.75) is 12.8 Å². The summed E-state index contributed by atoms with van der Waals surface area (Å²) in [5.74, 6) is 0.585. The van der Waals surface area contributed by atoms with E-state index in [0.29, 0.717) is 11.3 Å². The number of ether oxygens (including phenoxy) is 1. The van der Waals surface area contributed by atoms with Gasteiger partial charge in [0.1, 0.15) is 0 Å². The summed E-state index contributed by atoms with van der Waals surface area (Å²) in [5, 5.41) is 3.44. The standard InChI is InChI=1S/C12H17NO/c1-3-12(4-6-13-7-5-12)11-2-8-14-9-10(1)11/h1-3,10,13H,4-9H2. The summed E-state index contributed by atoms with van der Waals surface area (Å²) in [5.41, 5.74) is 2.05. The van der Waals surface area contributed by atoms with Crippen molar-refractivity contribution < 1.29 is 4.74 Å². The van der Waals surface area contributed by atoms with Crippen LogP contribution in [0.2, 0.25) is 0 Å². The van der Waals surface area contributed by atoms with Gasteiger partial charge in [-0.15, -0.1) is 0 Å². The molecule has 2 nitrogen and oxygen atoms in total. The molecule has 3 rings (SSSR count). The summed E-state index contributed by atoms with van der Waals surface area (Å²) >= 11 is 0. The Morgan fingerprint density at radius 3 is 3.07 bits per heavy atom. The Morgan fingerprint density at radius 1 is 1.36 bits per heavy atom. The predicted octanol–water partition coefficient (Wildman–Crippen LogP) is 1.50. The number of allylic oxidation sites excluding steroid dienone is 1. The molecule has 76 valence electrons. The Balaban J connectivity index is 1.92. The first-order valence-electron chi connectivity index (χ1n) is 5.59. The zero-order valence-electron chi connectivity index (χ0n) is 8.46. The van der Waals surface area contributed by atoms with Crippen molar-refractivity contribution in [3.05, 3.63) is 23.8 Å². The number of nitrogens with one attached hydrogen (secondary N) is 1. The Bertz CT molecular complexity index is 287. The highest BCUT2D eigenvalue weighted by Crippen LogP contribution is 2.48. The molecule has 0 bridgehead atoms. The number of hydrogen-bond donors (Lipinski definition) is 1. The lowest BCUT2D eigenvalue weighted by Crippen LogP contribution is -2.37. The van der Waals surface area contributed by atoms with Crippen molar-refractivity contribution in [2.75, 3.05) is 26.3 Å². The van der Waals surface area contributed by atoms with E-state index in [1.54, 1.807) is 5.57 Å². The molecule has 0 aromatic rings. The van der Waals surface area contributed by atoms with Crippen LogP contribution in [0.4, 0.5) is 0 Å². The summed E-state index contributed by atoms with van der Waals surface area (Å²) in [6.07, 6.45) is 9.66. The van der Waals surface area contributed by atoms with Crippen LogP contribution < -0.4 is 5.32 Å². The summed E-state index contributed by atoms with van der Waals surface area (Å²) < 4.78 is 5.47. The largest absolute Gasteiger partial charge is 0.376 e. The van der Waals surface area contributed by atoms with Crippen LogP contribution in [0.3, 0.4) is 0 Å². The molecule has 1 atom stereocenters. The maximum absolute atomic E-state index is 5.47. The monoisotopic (exact) mass is 191 g/mol. The predicted molar refractivity (Wildman–Crippen MR) is 56.1 cm³/mol. The summed E-state index contributed by atoms with van der Waals surface area (Å²) in [6, 6.07) is 0. The lowest BCUT2D eigenvalue weighted by molar-refractivity contribution is 0.126. The molecule has 1 fully saturated rings. The van der Waals surface area contributed by atoms with Gasteiger partial charge in [0.15, 0.2) is 0 Å². The van der Waals surface area contributed by atoms with Crippen molar-refractivity contribution in [3.63, 3.8) is 0 Å². The quantitative estimate of drug-likeness (QED) is 0.586.